The molecule has 1 heterocycles. The third kappa shape index (κ3) is 6.66. The number of hydrogen-bond acceptors (Lipinski definition) is 3. The maximum atomic E-state index is 12.3. The molecule has 1 unspecified atom stereocenters. The Morgan fingerprint density at radius 3 is 2.63 bits per heavy atom. The molecule has 0 spiro atoms. The van der Waals surface area contributed by atoms with E-state index in [-0.39, 0.29) is 23.4 Å². The lowest BCUT2D eigenvalue weighted by Crippen LogP contribution is -2.31. The van der Waals surface area contributed by atoms with Crippen molar-refractivity contribution in [2.75, 3.05) is 0 Å². The van der Waals surface area contributed by atoms with Crippen molar-refractivity contribution >= 4 is 5.78 Å². The minimum atomic E-state index is -0.261. The van der Waals surface area contributed by atoms with Crippen LogP contribution < -0.4 is 0 Å². The fourth-order valence-electron chi connectivity index (χ4n) is 3.22. The van der Waals surface area contributed by atoms with Gasteiger partial charge < -0.3 is 9.47 Å². The van der Waals surface area contributed by atoms with E-state index in [9.17, 15) is 4.79 Å². The van der Waals surface area contributed by atoms with Gasteiger partial charge in [0.15, 0.2) is 5.78 Å². The zero-order chi connectivity index (χ0) is 19.9. The third-order valence-electron chi connectivity index (χ3n) is 5.21. The second kappa shape index (κ2) is 9.89. The van der Waals surface area contributed by atoms with Gasteiger partial charge in [-0.05, 0) is 45.1 Å². The Morgan fingerprint density at radius 1 is 1.26 bits per heavy atom. The lowest BCUT2D eigenvalue weighted by atomic mass is 9.86. The molecule has 0 saturated carbocycles. The summed E-state index contributed by atoms with van der Waals surface area (Å²) < 4.78 is 12.3. The molecule has 1 aliphatic heterocycles. The average Bonchev–Trinajstić information content (AvgIpc) is 2.64. The number of carbonyl (C=O) groups is 1. The summed E-state index contributed by atoms with van der Waals surface area (Å²) in [5, 5.41) is 0. The first kappa shape index (κ1) is 21.4. The fourth-order valence-corrected chi connectivity index (χ4v) is 3.22. The molecule has 0 N–H and O–H groups in total. The van der Waals surface area contributed by atoms with Crippen LogP contribution in [0.4, 0.5) is 0 Å². The molecule has 3 heteroatoms. The molecule has 0 fully saturated rings. The highest BCUT2D eigenvalue weighted by atomic mass is 16.5. The molecule has 0 radical (unpaired) electrons. The number of allylic oxidation sites excluding steroid dienone is 3. The van der Waals surface area contributed by atoms with Gasteiger partial charge in [0.1, 0.15) is 11.9 Å². The molecular weight excluding hydrogens is 336 g/mol. The molecule has 3 nitrogen and oxygen atoms in total. The van der Waals surface area contributed by atoms with Crippen LogP contribution in [0.5, 0.6) is 0 Å². The van der Waals surface area contributed by atoms with Gasteiger partial charge in [-0.1, -0.05) is 56.3 Å². The van der Waals surface area contributed by atoms with Gasteiger partial charge in [-0.25, -0.2) is 0 Å². The minimum absolute atomic E-state index is 0.0791. The number of rotatable bonds is 9. The number of hydrogen-bond donors (Lipinski definition) is 0. The fraction of sp³-hybridized carbons (Fsp3) is 0.542. The Morgan fingerprint density at radius 2 is 1.96 bits per heavy atom. The van der Waals surface area contributed by atoms with E-state index >= 15 is 0 Å². The summed E-state index contributed by atoms with van der Waals surface area (Å²) in [4.78, 5) is 12.3. The molecule has 2 rings (SSSR count). The van der Waals surface area contributed by atoms with Crippen LogP contribution in [0.1, 0.15) is 59.4 Å². The van der Waals surface area contributed by atoms with E-state index in [1.54, 1.807) is 6.08 Å². The van der Waals surface area contributed by atoms with Gasteiger partial charge in [0.2, 0.25) is 0 Å². The van der Waals surface area contributed by atoms with E-state index in [2.05, 4.69) is 58.9 Å². The quantitative estimate of drug-likeness (QED) is 0.511. The Labute approximate surface area is 164 Å². The van der Waals surface area contributed by atoms with E-state index in [0.717, 1.165) is 18.6 Å². The van der Waals surface area contributed by atoms with Crippen molar-refractivity contribution in [3.05, 3.63) is 59.9 Å². The maximum Gasteiger partial charge on any atom is 0.162 e. The summed E-state index contributed by atoms with van der Waals surface area (Å²) in [7, 11) is 0. The van der Waals surface area contributed by atoms with Gasteiger partial charge in [-0.15, -0.1) is 0 Å². The van der Waals surface area contributed by atoms with E-state index in [0.29, 0.717) is 18.9 Å². The van der Waals surface area contributed by atoms with Crippen LogP contribution in [0.25, 0.3) is 0 Å². The zero-order valence-electron chi connectivity index (χ0n) is 17.4. The molecule has 148 valence electrons. The first-order valence-corrected chi connectivity index (χ1v) is 10.1. The van der Waals surface area contributed by atoms with E-state index in [1.165, 1.54) is 5.56 Å². The molecule has 1 aromatic carbocycles. The van der Waals surface area contributed by atoms with Gasteiger partial charge in [0, 0.05) is 17.9 Å². The minimum Gasteiger partial charge on any atom is -0.493 e. The molecule has 3 atom stereocenters. The van der Waals surface area contributed by atoms with E-state index < -0.39 is 0 Å². The maximum absolute atomic E-state index is 12.3. The number of ketones is 1. The number of carbonyl (C=O) groups excluding carboxylic acids is 1. The van der Waals surface area contributed by atoms with Crippen molar-refractivity contribution in [2.24, 2.45) is 11.3 Å². The molecule has 1 aromatic rings. The van der Waals surface area contributed by atoms with Gasteiger partial charge >= 0.3 is 0 Å². The van der Waals surface area contributed by atoms with E-state index in [4.69, 9.17) is 9.47 Å². The van der Waals surface area contributed by atoms with Crippen molar-refractivity contribution in [3.63, 3.8) is 0 Å². The van der Waals surface area contributed by atoms with Gasteiger partial charge in [0.25, 0.3) is 0 Å². The normalized spacial score (nSPS) is 20.3. The lowest BCUT2D eigenvalue weighted by molar-refractivity contribution is -0.120. The summed E-state index contributed by atoms with van der Waals surface area (Å²) >= 11 is 0. The van der Waals surface area contributed by atoms with Crippen molar-refractivity contribution in [2.45, 2.75) is 72.7 Å². The summed E-state index contributed by atoms with van der Waals surface area (Å²) in [6, 6.07) is 10.2. The standard InChI is InChI=1S/C24H34O3/c1-6-7-13-24(4,5)23-16-21(25)15-22(27-23)14-18(2)19(3)26-17-20-11-9-8-10-12-20/h7-13,16,18-19,22H,6,14-15,17H2,1-5H3/b13-7+/t18-,19?,22-/m1/s1. The summed E-state index contributed by atoms with van der Waals surface area (Å²) in [6.07, 6.45) is 8.19. The first-order valence-electron chi connectivity index (χ1n) is 10.1. The van der Waals surface area contributed by atoms with Crippen LogP contribution in [0, 0.1) is 11.3 Å². The van der Waals surface area contributed by atoms with Crippen LogP contribution in [-0.2, 0) is 20.9 Å². The Hall–Kier alpha value is -1.87. The van der Waals surface area contributed by atoms with Crippen molar-refractivity contribution in [1.29, 1.82) is 0 Å². The number of benzene rings is 1. The van der Waals surface area contributed by atoms with Crippen LogP contribution in [-0.4, -0.2) is 18.0 Å². The van der Waals surface area contributed by atoms with Crippen LogP contribution in [0.3, 0.4) is 0 Å². The molecule has 0 saturated heterocycles. The highest BCUT2D eigenvalue weighted by Gasteiger charge is 2.31. The Bertz CT molecular complexity index is 657. The SMILES string of the molecule is CC/C=C/C(C)(C)C1=CC(=O)C[C@@H](C[C@@H](C)C(C)OCc2ccccc2)O1. The van der Waals surface area contributed by atoms with Crippen LogP contribution in [0.15, 0.2) is 54.3 Å². The zero-order valence-corrected chi connectivity index (χ0v) is 17.4. The molecule has 0 bridgehead atoms. The molecule has 27 heavy (non-hydrogen) atoms. The summed E-state index contributed by atoms with van der Waals surface area (Å²) in [5.41, 5.74) is 0.915. The largest absolute Gasteiger partial charge is 0.493 e. The topological polar surface area (TPSA) is 35.5 Å². The first-order chi connectivity index (χ1) is 12.8. The van der Waals surface area contributed by atoms with Crippen LogP contribution >= 0.6 is 0 Å². The lowest BCUT2D eigenvalue weighted by Gasteiger charge is -2.34. The molecule has 0 aromatic heterocycles. The molecule has 0 aliphatic carbocycles. The summed E-state index contributed by atoms with van der Waals surface area (Å²) in [5.74, 6) is 1.24. The molecule has 1 aliphatic rings. The highest BCUT2D eigenvalue weighted by Crippen LogP contribution is 2.35. The Kier molecular flexibility index (Phi) is 7.85. The van der Waals surface area contributed by atoms with Crippen molar-refractivity contribution < 1.29 is 14.3 Å². The van der Waals surface area contributed by atoms with Crippen LogP contribution in [0.2, 0.25) is 0 Å². The van der Waals surface area contributed by atoms with Crippen molar-refractivity contribution in [3.8, 4) is 0 Å². The predicted molar refractivity (Wildman–Crippen MR) is 110 cm³/mol. The monoisotopic (exact) mass is 370 g/mol. The molecule has 0 amide bonds. The van der Waals surface area contributed by atoms with Gasteiger partial charge in [-0.2, -0.15) is 0 Å². The van der Waals surface area contributed by atoms with Crippen molar-refractivity contribution in [1.82, 2.24) is 0 Å². The number of ether oxygens (including phenoxy) is 2. The van der Waals surface area contributed by atoms with Gasteiger partial charge in [0.05, 0.1) is 12.7 Å². The predicted octanol–water partition coefficient (Wildman–Crippen LogP) is 5.85. The van der Waals surface area contributed by atoms with E-state index in [1.807, 2.05) is 18.2 Å². The summed E-state index contributed by atoms with van der Waals surface area (Å²) in [6.45, 7) is 11.2. The average molecular weight is 371 g/mol. The highest BCUT2D eigenvalue weighted by molar-refractivity contribution is 5.91. The smallest absolute Gasteiger partial charge is 0.162 e. The molecular formula is C24H34O3. The second-order valence-electron chi connectivity index (χ2n) is 8.17. The second-order valence-corrected chi connectivity index (χ2v) is 8.17. The third-order valence-corrected chi connectivity index (χ3v) is 5.21. The Balaban J connectivity index is 1.91. The van der Waals surface area contributed by atoms with Gasteiger partial charge in [-0.3, -0.25) is 4.79 Å².